The number of carbonyl (C=O) groups is 1. The molecule has 0 amide bonds. The fraction of sp³-hybridized carbons (Fsp3) is 0.125. The predicted molar refractivity (Wildman–Crippen MR) is 82.0 cm³/mol. The lowest BCUT2D eigenvalue weighted by molar-refractivity contribution is 0.0698. The maximum atomic E-state index is 11.4. The third kappa shape index (κ3) is 2.50. The van der Waals surface area contributed by atoms with E-state index < -0.39 is 5.97 Å². The average Bonchev–Trinajstić information content (AvgIpc) is 2.75. The van der Waals surface area contributed by atoms with Crippen LogP contribution < -0.4 is 0 Å². The zero-order valence-corrected chi connectivity index (χ0v) is 12.1. The Morgan fingerprint density at radius 3 is 2.76 bits per heavy atom. The van der Waals surface area contributed by atoms with Gasteiger partial charge in [-0.15, -0.1) is 0 Å². The summed E-state index contributed by atoms with van der Waals surface area (Å²) in [6.45, 7) is 2.41. The van der Waals surface area contributed by atoms with Gasteiger partial charge in [0.2, 0.25) is 0 Å². The van der Waals surface area contributed by atoms with Gasteiger partial charge in [-0.1, -0.05) is 29.8 Å². The number of benzene rings is 2. The standard InChI is InChI=1S/C16H13ClN2O2/c1-10-18-14-7-3-6-13(16(20)21)15(14)19(10)9-11-4-2-5-12(17)8-11/h2-8H,9H2,1H3,(H,20,21). The van der Waals surface area contributed by atoms with Gasteiger partial charge >= 0.3 is 5.97 Å². The molecule has 3 aromatic rings. The second-order valence-electron chi connectivity index (χ2n) is 4.85. The van der Waals surface area contributed by atoms with Crippen molar-refractivity contribution < 1.29 is 9.90 Å². The number of aryl methyl sites for hydroxylation is 1. The van der Waals surface area contributed by atoms with Crippen molar-refractivity contribution in [3.8, 4) is 0 Å². The lowest BCUT2D eigenvalue weighted by atomic mass is 10.1. The van der Waals surface area contributed by atoms with E-state index in [1.54, 1.807) is 12.1 Å². The zero-order chi connectivity index (χ0) is 15.0. The van der Waals surface area contributed by atoms with Crippen LogP contribution in [0.15, 0.2) is 42.5 Å². The molecule has 4 nitrogen and oxygen atoms in total. The van der Waals surface area contributed by atoms with Crippen LogP contribution in [0.5, 0.6) is 0 Å². The molecule has 0 aliphatic heterocycles. The van der Waals surface area contributed by atoms with Crippen LogP contribution in [0.3, 0.4) is 0 Å². The summed E-state index contributed by atoms with van der Waals surface area (Å²) in [6.07, 6.45) is 0. The Morgan fingerprint density at radius 2 is 2.05 bits per heavy atom. The fourth-order valence-corrected chi connectivity index (χ4v) is 2.70. The largest absolute Gasteiger partial charge is 0.478 e. The molecule has 21 heavy (non-hydrogen) atoms. The highest BCUT2D eigenvalue weighted by atomic mass is 35.5. The third-order valence-electron chi connectivity index (χ3n) is 3.42. The van der Waals surface area contributed by atoms with Gasteiger partial charge in [0.05, 0.1) is 16.6 Å². The summed E-state index contributed by atoms with van der Waals surface area (Å²) in [4.78, 5) is 15.9. The van der Waals surface area contributed by atoms with Gasteiger partial charge in [0.1, 0.15) is 5.82 Å². The predicted octanol–water partition coefficient (Wildman–Crippen LogP) is 3.74. The molecule has 0 aliphatic rings. The molecular weight excluding hydrogens is 288 g/mol. The van der Waals surface area contributed by atoms with Crippen molar-refractivity contribution in [2.24, 2.45) is 0 Å². The lowest BCUT2D eigenvalue weighted by Crippen LogP contribution is -2.06. The fourth-order valence-electron chi connectivity index (χ4n) is 2.49. The highest BCUT2D eigenvalue weighted by Gasteiger charge is 2.15. The molecule has 0 saturated heterocycles. The minimum Gasteiger partial charge on any atom is -0.478 e. The van der Waals surface area contributed by atoms with Gasteiger partial charge in [0.15, 0.2) is 0 Å². The van der Waals surface area contributed by atoms with E-state index in [4.69, 9.17) is 11.6 Å². The number of aromatic nitrogens is 2. The van der Waals surface area contributed by atoms with E-state index in [9.17, 15) is 9.90 Å². The average molecular weight is 301 g/mol. The van der Waals surface area contributed by atoms with Crippen molar-refractivity contribution in [3.05, 3.63) is 64.4 Å². The Labute approximate surface area is 126 Å². The van der Waals surface area contributed by atoms with Crippen molar-refractivity contribution in [1.82, 2.24) is 9.55 Å². The number of hydrogen-bond acceptors (Lipinski definition) is 2. The van der Waals surface area contributed by atoms with Gasteiger partial charge in [-0.3, -0.25) is 0 Å². The van der Waals surface area contributed by atoms with E-state index >= 15 is 0 Å². The quantitative estimate of drug-likeness (QED) is 0.801. The van der Waals surface area contributed by atoms with E-state index in [0.29, 0.717) is 22.6 Å². The van der Waals surface area contributed by atoms with Crippen molar-refractivity contribution in [1.29, 1.82) is 0 Å². The molecule has 0 aliphatic carbocycles. The van der Waals surface area contributed by atoms with E-state index in [2.05, 4.69) is 4.98 Å². The van der Waals surface area contributed by atoms with Crippen molar-refractivity contribution in [3.63, 3.8) is 0 Å². The van der Waals surface area contributed by atoms with Crippen LogP contribution in [0.2, 0.25) is 5.02 Å². The summed E-state index contributed by atoms with van der Waals surface area (Å²) in [5, 5.41) is 10.0. The smallest absolute Gasteiger partial charge is 0.337 e. The summed E-state index contributed by atoms with van der Waals surface area (Å²) >= 11 is 6.01. The summed E-state index contributed by atoms with van der Waals surface area (Å²) in [5.74, 6) is -0.175. The Morgan fingerprint density at radius 1 is 1.29 bits per heavy atom. The van der Waals surface area contributed by atoms with Crippen molar-refractivity contribution in [2.45, 2.75) is 13.5 Å². The van der Waals surface area contributed by atoms with Gasteiger partial charge in [0, 0.05) is 11.6 Å². The van der Waals surface area contributed by atoms with Gasteiger partial charge in [-0.05, 0) is 36.8 Å². The molecule has 1 heterocycles. The van der Waals surface area contributed by atoms with Crippen LogP contribution in [0.1, 0.15) is 21.7 Å². The number of fused-ring (bicyclic) bond motifs is 1. The molecular formula is C16H13ClN2O2. The molecule has 0 radical (unpaired) electrons. The minimum absolute atomic E-state index is 0.259. The van der Waals surface area contributed by atoms with Crippen LogP contribution in [0.25, 0.3) is 11.0 Å². The monoisotopic (exact) mass is 300 g/mol. The summed E-state index contributed by atoms with van der Waals surface area (Å²) in [7, 11) is 0. The molecule has 0 fully saturated rings. The van der Waals surface area contributed by atoms with E-state index in [1.165, 1.54) is 0 Å². The van der Waals surface area contributed by atoms with Crippen LogP contribution in [0.4, 0.5) is 0 Å². The van der Waals surface area contributed by atoms with Gasteiger partial charge < -0.3 is 9.67 Å². The Kier molecular flexibility index (Phi) is 3.39. The Balaban J connectivity index is 2.18. The van der Waals surface area contributed by atoms with E-state index in [1.807, 2.05) is 41.8 Å². The van der Waals surface area contributed by atoms with E-state index in [0.717, 1.165) is 11.4 Å². The summed E-state index contributed by atoms with van der Waals surface area (Å²) in [5.41, 5.74) is 2.59. The zero-order valence-electron chi connectivity index (χ0n) is 11.4. The number of imidazole rings is 1. The lowest BCUT2D eigenvalue weighted by Gasteiger charge is -2.09. The van der Waals surface area contributed by atoms with Crippen molar-refractivity contribution >= 4 is 28.6 Å². The normalized spacial score (nSPS) is 11.0. The van der Waals surface area contributed by atoms with Crippen LogP contribution in [-0.4, -0.2) is 20.6 Å². The van der Waals surface area contributed by atoms with Gasteiger partial charge in [0.25, 0.3) is 0 Å². The molecule has 1 aromatic heterocycles. The second-order valence-corrected chi connectivity index (χ2v) is 5.29. The second kappa shape index (κ2) is 5.22. The molecule has 1 N–H and O–H groups in total. The summed E-state index contributed by atoms with van der Waals surface area (Å²) in [6, 6.07) is 12.7. The molecule has 106 valence electrons. The van der Waals surface area contributed by atoms with Crippen molar-refractivity contribution in [2.75, 3.05) is 0 Å². The number of rotatable bonds is 3. The molecule has 0 atom stereocenters. The van der Waals surface area contributed by atoms with Crippen LogP contribution in [-0.2, 0) is 6.54 Å². The summed E-state index contributed by atoms with van der Waals surface area (Å²) < 4.78 is 1.91. The first kappa shape index (κ1) is 13.6. The Bertz CT molecular complexity index is 839. The SMILES string of the molecule is Cc1nc2cccc(C(=O)O)c2n1Cc1cccc(Cl)c1. The highest BCUT2D eigenvalue weighted by molar-refractivity contribution is 6.30. The van der Waals surface area contributed by atoms with Crippen LogP contribution in [0, 0.1) is 6.92 Å². The number of nitrogens with zero attached hydrogens (tertiary/aromatic N) is 2. The Hall–Kier alpha value is -2.33. The first-order chi connectivity index (χ1) is 10.1. The maximum Gasteiger partial charge on any atom is 0.337 e. The number of hydrogen-bond donors (Lipinski definition) is 1. The molecule has 3 rings (SSSR count). The topological polar surface area (TPSA) is 55.1 Å². The number of para-hydroxylation sites is 1. The van der Waals surface area contributed by atoms with Gasteiger partial charge in [-0.2, -0.15) is 0 Å². The number of carboxylic acid groups (broad SMARTS) is 1. The first-order valence-electron chi connectivity index (χ1n) is 6.50. The van der Waals surface area contributed by atoms with Gasteiger partial charge in [-0.25, -0.2) is 9.78 Å². The molecule has 0 bridgehead atoms. The third-order valence-corrected chi connectivity index (χ3v) is 3.65. The maximum absolute atomic E-state index is 11.4. The van der Waals surface area contributed by atoms with Crippen LogP contribution >= 0.6 is 11.6 Å². The molecule has 0 unspecified atom stereocenters. The highest BCUT2D eigenvalue weighted by Crippen LogP contribution is 2.22. The molecule has 2 aromatic carbocycles. The number of carboxylic acids is 1. The number of aromatic carboxylic acids is 1. The first-order valence-corrected chi connectivity index (χ1v) is 6.87. The molecule has 0 spiro atoms. The van der Waals surface area contributed by atoms with E-state index in [-0.39, 0.29) is 5.56 Å². The molecule has 5 heteroatoms. The minimum atomic E-state index is -0.951. The number of halogens is 1. The molecule has 0 saturated carbocycles.